The van der Waals surface area contributed by atoms with Gasteiger partial charge in [-0.3, -0.25) is 9.69 Å². The van der Waals surface area contributed by atoms with Crippen molar-refractivity contribution in [3.63, 3.8) is 0 Å². The monoisotopic (exact) mass is 383 g/mol. The van der Waals surface area contributed by atoms with Crippen LogP contribution in [0.15, 0.2) is 22.6 Å². The van der Waals surface area contributed by atoms with E-state index in [1.54, 1.807) is 12.1 Å². The minimum absolute atomic E-state index is 0.115. The molecule has 1 atom stereocenters. The third-order valence-corrected chi connectivity index (χ3v) is 4.29. The summed E-state index contributed by atoms with van der Waals surface area (Å²) in [5, 5.41) is 2.49. The Kier molecular flexibility index (Phi) is 8.77. The van der Waals surface area contributed by atoms with Crippen molar-refractivity contribution in [3.05, 3.63) is 23.8 Å². The van der Waals surface area contributed by atoms with E-state index >= 15 is 0 Å². The zero-order valence-corrected chi connectivity index (χ0v) is 16.3. The zero-order valence-electron chi connectivity index (χ0n) is 15.5. The van der Waals surface area contributed by atoms with Gasteiger partial charge in [-0.05, 0) is 30.5 Å². The second-order valence-electron chi connectivity index (χ2n) is 5.60. The molecule has 0 saturated carbocycles. The SMILES string of the molecule is CCCCN(C(=O)NC)C(=O)C(CC)c1ccc(OC)c(N=S(=O)=O)c1. The molecule has 26 heavy (non-hydrogen) atoms. The first-order valence-corrected chi connectivity index (χ1v) is 9.44. The van der Waals surface area contributed by atoms with Crippen molar-refractivity contribution >= 4 is 28.1 Å². The molecular formula is C17H25N3O5S. The number of nitrogens with zero attached hydrogens (tertiary/aromatic N) is 2. The van der Waals surface area contributed by atoms with Gasteiger partial charge in [0.2, 0.25) is 5.91 Å². The first-order valence-electron chi connectivity index (χ1n) is 8.41. The van der Waals surface area contributed by atoms with Crippen molar-refractivity contribution in [2.24, 2.45) is 4.36 Å². The average molecular weight is 383 g/mol. The molecule has 1 aromatic carbocycles. The maximum atomic E-state index is 13.0. The van der Waals surface area contributed by atoms with Gasteiger partial charge in [0.05, 0.1) is 13.0 Å². The predicted octanol–water partition coefficient (Wildman–Crippen LogP) is 2.85. The van der Waals surface area contributed by atoms with Crippen LogP contribution < -0.4 is 10.1 Å². The molecule has 0 heterocycles. The number of ether oxygens (including phenoxy) is 1. The van der Waals surface area contributed by atoms with E-state index in [0.29, 0.717) is 24.9 Å². The van der Waals surface area contributed by atoms with E-state index in [1.165, 1.54) is 25.1 Å². The first-order chi connectivity index (χ1) is 12.4. The maximum Gasteiger partial charge on any atom is 0.323 e. The largest absolute Gasteiger partial charge is 0.494 e. The fourth-order valence-electron chi connectivity index (χ4n) is 2.58. The molecule has 0 radical (unpaired) electrons. The van der Waals surface area contributed by atoms with Gasteiger partial charge < -0.3 is 10.1 Å². The second-order valence-corrected chi connectivity index (χ2v) is 6.22. The molecule has 1 aromatic rings. The molecule has 0 bridgehead atoms. The number of amides is 3. The number of imide groups is 1. The highest BCUT2D eigenvalue weighted by atomic mass is 32.2. The summed E-state index contributed by atoms with van der Waals surface area (Å²) in [6, 6.07) is 4.29. The molecule has 0 aliphatic carbocycles. The number of methoxy groups -OCH3 is 1. The molecule has 1 N–H and O–H groups in total. The van der Waals surface area contributed by atoms with Crippen molar-refractivity contribution in [2.45, 2.75) is 39.0 Å². The molecule has 0 aliphatic rings. The fraction of sp³-hybridized carbons (Fsp3) is 0.529. The summed E-state index contributed by atoms with van der Waals surface area (Å²) in [5.74, 6) is -0.641. The van der Waals surface area contributed by atoms with Crippen molar-refractivity contribution < 1.29 is 22.7 Å². The molecule has 9 heteroatoms. The van der Waals surface area contributed by atoms with E-state index in [2.05, 4.69) is 9.68 Å². The normalized spacial score (nSPS) is 11.4. The molecule has 144 valence electrons. The summed E-state index contributed by atoms with van der Waals surface area (Å²) in [5.41, 5.74) is 0.692. The zero-order chi connectivity index (χ0) is 19.7. The number of carbonyl (C=O) groups excluding carboxylic acids is 2. The van der Waals surface area contributed by atoms with Crippen LogP contribution in [0, 0.1) is 0 Å². The fourth-order valence-corrected chi connectivity index (χ4v) is 2.88. The summed E-state index contributed by atoms with van der Waals surface area (Å²) >= 11 is 0. The highest BCUT2D eigenvalue weighted by Crippen LogP contribution is 2.33. The quantitative estimate of drug-likeness (QED) is 0.743. The number of nitrogens with one attached hydrogen (secondary N) is 1. The summed E-state index contributed by atoms with van der Waals surface area (Å²) < 4.78 is 30.5. The minimum Gasteiger partial charge on any atom is -0.494 e. The van der Waals surface area contributed by atoms with E-state index in [-0.39, 0.29) is 17.3 Å². The number of carbonyl (C=O) groups is 2. The number of urea groups is 1. The Morgan fingerprint density at radius 1 is 1.31 bits per heavy atom. The average Bonchev–Trinajstić information content (AvgIpc) is 2.62. The van der Waals surface area contributed by atoms with Gasteiger partial charge in [-0.2, -0.15) is 8.42 Å². The van der Waals surface area contributed by atoms with Gasteiger partial charge in [0.25, 0.3) is 0 Å². The molecular weight excluding hydrogens is 358 g/mol. The predicted molar refractivity (Wildman–Crippen MR) is 98.1 cm³/mol. The number of rotatable bonds is 8. The molecule has 0 saturated heterocycles. The Morgan fingerprint density at radius 2 is 2.00 bits per heavy atom. The maximum absolute atomic E-state index is 13.0. The van der Waals surface area contributed by atoms with Crippen LogP contribution in [-0.4, -0.2) is 46.0 Å². The lowest BCUT2D eigenvalue weighted by Gasteiger charge is -2.25. The topological polar surface area (TPSA) is 105 Å². The van der Waals surface area contributed by atoms with E-state index in [0.717, 1.165) is 6.42 Å². The van der Waals surface area contributed by atoms with Gasteiger partial charge in [-0.1, -0.05) is 26.3 Å². The highest BCUT2D eigenvalue weighted by molar-refractivity contribution is 7.61. The van der Waals surface area contributed by atoms with Gasteiger partial charge in [0.15, 0.2) is 0 Å². The van der Waals surface area contributed by atoms with Gasteiger partial charge in [-0.25, -0.2) is 4.79 Å². The van der Waals surface area contributed by atoms with E-state index < -0.39 is 22.4 Å². The Morgan fingerprint density at radius 3 is 2.50 bits per heavy atom. The molecule has 8 nitrogen and oxygen atoms in total. The van der Waals surface area contributed by atoms with E-state index in [9.17, 15) is 18.0 Å². The molecule has 0 aromatic heterocycles. The van der Waals surface area contributed by atoms with Crippen LogP contribution in [0.4, 0.5) is 10.5 Å². The van der Waals surface area contributed by atoms with E-state index in [4.69, 9.17) is 4.74 Å². The van der Waals surface area contributed by atoms with Gasteiger partial charge in [0, 0.05) is 13.6 Å². The van der Waals surface area contributed by atoms with Crippen LogP contribution >= 0.6 is 0 Å². The summed E-state index contributed by atoms with van der Waals surface area (Å²) in [4.78, 5) is 26.2. The molecule has 0 spiro atoms. The van der Waals surface area contributed by atoms with Crippen LogP contribution in [-0.2, 0) is 15.3 Å². The van der Waals surface area contributed by atoms with Crippen LogP contribution in [0.2, 0.25) is 0 Å². The van der Waals surface area contributed by atoms with E-state index in [1.807, 2.05) is 13.8 Å². The standard InChI is InChI=1S/C17H25N3O5S/c1-5-7-10-20(17(22)18-3)16(21)13(6-2)12-8-9-15(25-4)14(11-12)19-26(23)24/h8-9,11,13H,5-7,10H2,1-4H3,(H,18,22). The summed E-state index contributed by atoms with van der Waals surface area (Å²) in [6.07, 6.45) is 2.00. The minimum atomic E-state index is -2.65. The van der Waals surface area contributed by atoms with Crippen LogP contribution in [0.3, 0.4) is 0 Å². The summed E-state index contributed by atoms with van der Waals surface area (Å²) in [6.45, 7) is 4.13. The second kappa shape index (κ2) is 10.5. The number of benzene rings is 1. The smallest absolute Gasteiger partial charge is 0.323 e. The lowest BCUT2D eigenvalue weighted by Crippen LogP contribution is -2.45. The number of unbranched alkanes of at least 4 members (excludes halogenated alkanes) is 1. The Labute approximate surface area is 155 Å². The van der Waals surface area contributed by atoms with Crippen LogP contribution in [0.5, 0.6) is 5.75 Å². The number of hydrogen-bond acceptors (Lipinski definition) is 6. The molecule has 1 rings (SSSR count). The van der Waals surface area contributed by atoms with Crippen molar-refractivity contribution in [3.8, 4) is 5.75 Å². The molecule has 1 unspecified atom stereocenters. The molecule has 0 fully saturated rings. The number of hydrogen-bond donors (Lipinski definition) is 1. The Hall–Kier alpha value is -2.42. The van der Waals surface area contributed by atoms with Crippen LogP contribution in [0.25, 0.3) is 0 Å². The van der Waals surface area contributed by atoms with Crippen LogP contribution in [0.1, 0.15) is 44.6 Å². The van der Waals surface area contributed by atoms with Crippen molar-refractivity contribution in [2.75, 3.05) is 20.7 Å². The van der Waals surface area contributed by atoms with Gasteiger partial charge >= 0.3 is 16.5 Å². The van der Waals surface area contributed by atoms with Crippen molar-refractivity contribution in [1.82, 2.24) is 10.2 Å². The van der Waals surface area contributed by atoms with Gasteiger partial charge in [0.1, 0.15) is 11.4 Å². The first kappa shape index (κ1) is 21.6. The lowest BCUT2D eigenvalue weighted by molar-refractivity contribution is -0.130. The third-order valence-electron chi connectivity index (χ3n) is 3.94. The Balaban J connectivity index is 3.29. The third kappa shape index (κ3) is 5.55. The lowest BCUT2D eigenvalue weighted by atomic mass is 9.94. The molecule has 3 amide bonds. The van der Waals surface area contributed by atoms with Crippen molar-refractivity contribution in [1.29, 1.82) is 0 Å². The Bertz CT molecular complexity index is 769. The van der Waals surface area contributed by atoms with Gasteiger partial charge in [-0.15, -0.1) is 4.36 Å². The molecule has 0 aliphatic heterocycles. The highest BCUT2D eigenvalue weighted by Gasteiger charge is 2.28. The summed E-state index contributed by atoms with van der Waals surface area (Å²) in [7, 11) is 0.232.